The van der Waals surface area contributed by atoms with Gasteiger partial charge in [0.05, 0.1) is 0 Å². The first-order valence-corrected chi connectivity index (χ1v) is 5.99. The Morgan fingerprint density at radius 2 is 1.27 bits per heavy atom. The van der Waals surface area contributed by atoms with Gasteiger partial charge in [0.2, 0.25) is 0 Å². The monoisotopic (exact) mass is 322 g/mol. The Bertz CT molecular complexity index is 138. The van der Waals surface area contributed by atoms with Crippen molar-refractivity contribution in [2.75, 3.05) is 0 Å². The van der Waals surface area contributed by atoms with E-state index in [4.69, 9.17) is 5.11 Å². The minimum absolute atomic E-state index is 0. The zero-order valence-corrected chi connectivity index (χ0v) is 14.2. The van der Waals surface area contributed by atoms with Crippen molar-refractivity contribution in [3.63, 3.8) is 0 Å². The van der Waals surface area contributed by atoms with Crippen molar-refractivity contribution in [2.24, 2.45) is 0 Å². The number of rotatable bonds is 10. The van der Waals surface area contributed by atoms with Crippen LogP contribution in [0, 0.1) is 0 Å². The molecule has 0 spiro atoms. The molecule has 0 aliphatic heterocycles. The topological polar surface area (TPSA) is 37.3 Å². The van der Waals surface area contributed by atoms with Gasteiger partial charge in [-0.05, 0) is 6.42 Å². The number of hydrogen-bond donors (Lipinski definition) is 1. The van der Waals surface area contributed by atoms with Crippen LogP contribution in [0.5, 0.6) is 0 Å². The normalized spacial score (nSPS) is 9.67. The van der Waals surface area contributed by atoms with E-state index in [0.717, 1.165) is 12.8 Å². The Balaban J connectivity index is 0. The van der Waals surface area contributed by atoms with E-state index in [0.29, 0.717) is 6.42 Å². The molecule has 90 valence electrons. The van der Waals surface area contributed by atoms with Crippen molar-refractivity contribution in [2.45, 2.75) is 71.1 Å². The van der Waals surface area contributed by atoms with E-state index in [2.05, 4.69) is 6.92 Å². The van der Waals surface area contributed by atoms with Crippen molar-refractivity contribution < 1.29 is 9.90 Å². The van der Waals surface area contributed by atoms with Crippen LogP contribution in [0.1, 0.15) is 71.1 Å². The number of carboxylic acid groups (broad SMARTS) is 1. The summed E-state index contributed by atoms with van der Waals surface area (Å²) in [5, 5.41) is 8.41. The molecule has 0 bridgehead atoms. The summed E-state index contributed by atoms with van der Waals surface area (Å²) in [7, 11) is 0. The first kappa shape index (κ1) is 17.7. The molecule has 2 radical (unpaired) electrons. The summed E-state index contributed by atoms with van der Waals surface area (Å²) >= 11 is 0. The SMILES string of the molecule is CCCCCCCCCCCC(=O)O.[SnH2]. The minimum atomic E-state index is -0.659. The molecule has 0 saturated carbocycles. The molecule has 15 heavy (non-hydrogen) atoms. The van der Waals surface area contributed by atoms with Crippen molar-refractivity contribution >= 4 is 29.9 Å². The van der Waals surface area contributed by atoms with Crippen LogP contribution in [0.25, 0.3) is 0 Å². The van der Waals surface area contributed by atoms with Gasteiger partial charge in [0, 0.05) is 6.42 Å². The van der Waals surface area contributed by atoms with E-state index in [1.165, 1.54) is 44.9 Å². The third kappa shape index (κ3) is 16.9. The molecule has 0 unspecified atom stereocenters. The van der Waals surface area contributed by atoms with Crippen molar-refractivity contribution in [1.82, 2.24) is 0 Å². The molecule has 3 heteroatoms. The molecule has 0 aromatic carbocycles. The molecule has 0 aliphatic carbocycles. The number of carboxylic acids is 1. The van der Waals surface area contributed by atoms with Crippen LogP contribution < -0.4 is 0 Å². The third-order valence-electron chi connectivity index (χ3n) is 2.49. The van der Waals surface area contributed by atoms with Gasteiger partial charge in [-0.25, -0.2) is 0 Å². The Labute approximate surface area is 111 Å². The van der Waals surface area contributed by atoms with Gasteiger partial charge in [0.1, 0.15) is 0 Å². The zero-order chi connectivity index (χ0) is 10.6. The van der Waals surface area contributed by atoms with E-state index in [9.17, 15) is 4.79 Å². The molecule has 0 aromatic heterocycles. The summed E-state index contributed by atoms with van der Waals surface area (Å²) in [6, 6.07) is 0. The van der Waals surface area contributed by atoms with Crippen molar-refractivity contribution in [1.29, 1.82) is 0 Å². The van der Waals surface area contributed by atoms with Crippen LogP contribution in [0.3, 0.4) is 0 Å². The van der Waals surface area contributed by atoms with Gasteiger partial charge in [-0.15, -0.1) is 0 Å². The van der Waals surface area contributed by atoms with Gasteiger partial charge in [-0.1, -0.05) is 58.3 Å². The van der Waals surface area contributed by atoms with E-state index in [1.54, 1.807) is 0 Å². The zero-order valence-electron chi connectivity index (χ0n) is 10.1. The van der Waals surface area contributed by atoms with E-state index < -0.39 is 5.97 Å². The summed E-state index contributed by atoms with van der Waals surface area (Å²) < 4.78 is 0. The molecule has 0 atom stereocenters. The fraction of sp³-hybridized carbons (Fsp3) is 0.917. The van der Waals surface area contributed by atoms with Crippen molar-refractivity contribution in [3.05, 3.63) is 0 Å². The van der Waals surface area contributed by atoms with E-state index in [1.807, 2.05) is 0 Å². The summed E-state index contributed by atoms with van der Waals surface area (Å²) in [5.74, 6) is -0.659. The molecule has 0 amide bonds. The molecule has 2 nitrogen and oxygen atoms in total. The van der Waals surface area contributed by atoms with Gasteiger partial charge >= 0.3 is 29.9 Å². The Morgan fingerprint density at radius 3 is 1.67 bits per heavy atom. The average molecular weight is 321 g/mol. The molecular weight excluding hydrogens is 295 g/mol. The predicted octanol–water partition coefficient (Wildman–Crippen LogP) is 3.08. The molecule has 0 fully saturated rings. The molecule has 0 rings (SSSR count). The van der Waals surface area contributed by atoms with Crippen LogP contribution in [0.2, 0.25) is 0 Å². The third-order valence-corrected chi connectivity index (χ3v) is 2.49. The first-order chi connectivity index (χ1) is 6.77. The number of hydrogen-bond acceptors (Lipinski definition) is 1. The molecule has 0 aliphatic rings. The summed E-state index contributed by atoms with van der Waals surface area (Å²) in [6.07, 6.45) is 11.5. The molecule has 0 saturated heterocycles. The van der Waals surface area contributed by atoms with Crippen LogP contribution in [-0.4, -0.2) is 35.0 Å². The first-order valence-electron chi connectivity index (χ1n) is 5.99. The van der Waals surface area contributed by atoms with Crippen LogP contribution in [0.15, 0.2) is 0 Å². The fourth-order valence-electron chi connectivity index (χ4n) is 1.59. The number of unbranched alkanes of at least 4 members (excludes halogenated alkanes) is 8. The maximum absolute atomic E-state index is 10.2. The molecular formula is C12H26O2Sn. The van der Waals surface area contributed by atoms with E-state index >= 15 is 0 Å². The van der Waals surface area contributed by atoms with Gasteiger partial charge in [-0.3, -0.25) is 4.79 Å². The quantitative estimate of drug-likeness (QED) is 0.496. The standard InChI is InChI=1S/C12H24O2.Sn.2H/c1-2-3-4-5-6-7-8-9-10-11-12(13)14;;;/h2-11H2,1H3,(H,13,14);;;. The Morgan fingerprint density at radius 1 is 0.867 bits per heavy atom. The van der Waals surface area contributed by atoms with E-state index in [-0.39, 0.29) is 23.9 Å². The Kier molecular flexibility index (Phi) is 16.8. The number of carbonyl (C=O) groups is 1. The second-order valence-corrected chi connectivity index (χ2v) is 3.97. The summed E-state index contributed by atoms with van der Waals surface area (Å²) in [4.78, 5) is 10.2. The Hall–Kier alpha value is 0.269. The fourth-order valence-corrected chi connectivity index (χ4v) is 1.59. The van der Waals surface area contributed by atoms with Crippen LogP contribution in [-0.2, 0) is 4.79 Å². The van der Waals surface area contributed by atoms with Gasteiger partial charge in [0.25, 0.3) is 0 Å². The molecule has 0 heterocycles. The maximum atomic E-state index is 10.2. The molecule has 0 aromatic rings. The van der Waals surface area contributed by atoms with Crippen molar-refractivity contribution in [3.8, 4) is 0 Å². The second kappa shape index (κ2) is 14.3. The average Bonchev–Trinajstić information content (AvgIpc) is 2.15. The van der Waals surface area contributed by atoms with Crippen LogP contribution >= 0.6 is 0 Å². The predicted molar refractivity (Wildman–Crippen MR) is 68.0 cm³/mol. The summed E-state index contributed by atoms with van der Waals surface area (Å²) in [5.41, 5.74) is 0. The van der Waals surface area contributed by atoms with Crippen LogP contribution in [0.4, 0.5) is 0 Å². The van der Waals surface area contributed by atoms with Gasteiger partial charge in [-0.2, -0.15) is 0 Å². The number of aliphatic carboxylic acids is 1. The molecule has 1 N–H and O–H groups in total. The van der Waals surface area contributed by atoms with Gasteiger partial charge < -0.3 is 5.11 Å². The second-order valence-electron chi connectivity index (χ2n) is 3.97. The summed E-state index contributed by atoms with van der Waals surface area (Å²) in [6.45, 7) is 2.23. The van der Waals surface area contributed by atoms with Gasteiger partial charge in [0.15, 0.2) is 0 Å².